The van der Waals surface area contributed by atoms with Crippen molar-refractivity contribution in [1.29, 1.82) is 0 Å². The van der Waals surface area contributed by atoms with Gasteiger partial charge < -0.3 is 15.4 Å². The van der Waals surface area contributed by atoms with E-state index >= 15 is 0 Å². The molecule has 0 aromatic rings. The van der Waals surface area contributed by atoms with Crippen LogP contribution in [0.15, 0.2) is 63.7 Å². The third-order valence-electron chi connectivity index (χ3n) is 4.97. The van der Waals surface area contributed by atoms with E-state index in [0.29, 0.717) is 54.9 Å². The van der Waals surface area contributed by atoms with Gasteiger partial charge in [-0.3, -0.25) is 15.1 Å². The van der Waals surface area contributed by atoms with Crippen LogP contribution in [0.3, 0.4) is 0 Å². The summed E-state index contributed by atoms with van der Waals surface area (Å²) in [5.74, 6) is 0.261. The molecule has 32 heavy (non-hydrogen) atoms. The first-order chi connectivity index (χ1) is 15.3. The minimum atomic E-state index is -1.42. The third kappa shape index (κ3) is 8.33. The summed E-state index contributed by atoms with van der Waals surface area (Å²) >= 11 is 6.53. The van der Waals surface area contributed by atoms with Crippen molar-refractivity contribution in [2.45, 2.75) is 32.2 Å². The highest BCUT2D eigenvalue weighted by Crippen LogP contribution is 2.27. The molecule has 1 aliphatic carbocycles. The lowest BCUT2D eigenvalue weighted by molar-refractivity contribution is -0.119. The van der Waals surface area contributed by atoms with E-state index in [-0.39, 0.29) is 6.54 Å². The van der Waals surface area contributed by atoms with Crippen molar-refractivity contribution in [3.05, 3.63) is 58.7 Å². The van der Waals surface area contributed by atoms with Gasteiger partial charge in [-0.1, -0.05) is 23.8 Å². The van der Waals surface area contributed by atoms with Gasteiger partial charge in [-0.25, -0.2) is 8.78 Å². The summed E-state index contributed by atoms with van der Waals surface area (Å²) in [5.41, 5.74) is 6.44. The summed E-state index contributed by atoms with van der Waals surface area (Å²) in [7, 11) is 0. The maximum absolute atomic E-state index is 14.2. The lowest BCUT2D eigenvalue weighted by Gasteiger charge is -2.26. The van der Waals surface area contributed by atoms with Crippen LogP contribution in [-0.4, -0.2) is 74.4 Å². The number of amides is 1. The maximum atomic E-state index is 14.2. The highest BCUT2D eigenvalue weighted by atomic mass is 35.5. The van der Waals surface area contributed by atoms with Gasteiger partial charge in [0.25, 0.3) is 0 Å². The van der Waals surface area contributed by atoms with E-state index in [1.54, 1.807) is 19.1 Å². The van der Waals surface area contributed by atoms with Crippen molar-refractivity contribution < 1.29 is 18.3 Å². The fourth-order valence-corrected chi connectivity index (χ4v) is 3.34. The Kier molecular flexibility index (Phi) is 10.8. The van der Waals surface area contributed by atoms with E-state index in [1.807, 2.05) is 17.9 Å². The third-order valence-corrected chi connectivity index (χ3v) is 5.33. The zero-order valence-corrected chi connectivity index (χ0v) is 19.2. The Morgan fingerprint density at radius 2 is 2.09 bits per heavy atom. The lowest BCUT2D eigenvalue weighted by Crippen LogP contribution is -2.46. The number of primary amides is 1. The number of ether oxygens (including phenoxy) is 1. The number of carbonyl (C=O) groups is 1. The quantitative estimate of drug-likeness (QED) is 0.403. The number of nitrogens with two attached hydrogens (primary N) is 1. The van der Waals surface area contributed by atoms with Crippen molar-refractivity contribution >= 4 is 23.3 Å². The van der Waals surface area contributed by atoms with Crippen molar-refractivity contribution in [3.63, 3.8) is 0 Å². The van der Waals surface area contributed by atoms with Crippen LogP contribution in [0.4, 0.5) is 8.78 Å². The second kappa shape index (κ2) is 13.3. The maximum Gasteiger partial charge on any atom is 0.234 e. The Labute approximate surface area is 193 Å². The molecule has 176 valence electrons. The second-order valence-electron chi connectivity index (χ2n) is 7.33. The van der Waals surface area contributed by atoms with Crippen LogP contribution in [0.2, 0.25) is 0 Å². The van der Waals surface area contributed by atoms with E-state index in [9.17, 15) is 13.6 Å². The molecule has 1 aliphatic heterocycles. The molecule has 2 aliphatic rings. The van der Waals surface area contributed by atoms with E-state index in [4.69, 9.17) is 22.1 Å². The number of halogens is 3. The molecule has 0 fully saturated rings. The van der Waals surface area contributed by atoms with E-state index in [0.717, 1.165) is 0 Å². The molecule has 0 radical (unpaired) electrons. The molecule has 0 aromatic heterocycles. The molecule has 1 heterocycles. The van der Waals surface area contributed by atoms with E-state index in [2.05, 4.69) is 10.3 Å². The van der Waals surface area contributed by atoms with E-state index < -0.39 is 24.3 Å². The molecular formula is C23H31ClF2N4O2. The SMILES string of the molecule is CCOCCN1C/C=C(C2=C\C(F)C=CC(F)/C=C\2)\C(Cl)=C/C/N=C\1CN[C@@H](C)C(N)=O. The topological polar surface area (TPSA) is 79.9 Å². The van der Waals surface area contributed by atoms with Gasteiger partial charge in [-0.05, 0) is 55.4 Å². The van der Waals surface area contributed by atoms with Crippen LogP contribution in [-0.2, 0) is 9.53 Å². The van der Waals surface area contributed by atoms with Gasteiger partial charge in [-0.2, -0.15) is 0 Å². The summed E-state index contributed by atoms with van der Waals surface area (Å²) < 4.78 is 33.6. The summed E-state index contributed by atoms with van der Waals surface area (Å²) in [4.78, 5) is 18.0. The average molecular weight is 469 g/mol. The summed E-state index contributed by atoms with van der Waals surface area (Å²) in [6, 6.07) is -0.516. The van der Waals surface area contributed by atoms with Gasteiger partial charge in [0.05, 0.1) is 25.7 Å². The number of allylic oxidation sites excluding steroid dienone is 8. The molecule has 0 aromatic carbocycles. The smallest absolute Gasteiger partial charge is 0.234 e. The molecular weight excluding hydrogens is 438 g/mol. The Bertz CT molecular complexity index is 836. The summed E-state index contributed by atoms with van der Waals surface area (Å²) in [6.07, 6.45) is 7.46. The van der Waals surface area contributed by atoms with E-state index in [1.165, 1.54) is 24.3 Å². The predicted molar refractivity (Wildman–Crippen MR) is 125 cm³/mol. The Hall–Kier alpha value is -2.29. The molecule has 3 N–H and O–H groups in total. The fraction of sp³-hybridized carbons (Fsp3) is 0.478. The Morgan fingerprint density at radius 3 is 2.81 bits per heavy atom. The molecule has 0 spiro atoms. The number of rotatable bonds is 9. The second-order valence-corrected chi connectivity index (χ2v) is 7.74. The summed E-state index contributed by atoms with van der Waals surface area (Å²) in [5, 5.41) is 3.47. The molecule has 6 nitrogen and oxygen atoms in total. The molecule has 2 unspecified atom stereocenters. The summed E-state index contributed by atoms with van der Waals surface area (Å²) in [6.45, 7) is 6.24. The zero-order valence-electron chi connectivity index (χ0n) is 18.4. The number of amidine groups is 1. The zero-order chi connectivity index (χ0) is 23.5. The van der Waals surface area contributed by atoms with Crippen LogP contribution in [0, 0.1) is 0 Å². The largest absolute Gasteiger partial charge is 0.380 e. The predicted octanol–water partition coefficient (Wildman–Crippen LogP) is 2.98. The number of hydrogen-bond donors (Lipinski definition) is 2. The van der Waals surface area contributed by atoms with Crippen LogP contribution >= 0.6 is 11.6 Å². The number of aliphatic imine (C=N–C) groups is 1. The monoisotopic (exact) mass is 468 g/mol. The molecule has 9 heteroatoms. The van der Waals surface area contributed by atoms with Crippen molar-refractivity contribution in [3.8, 4) is 0 Å². The van der Waals surface area contributed by atoms with Gasteiger partial charge in [0.2, 0.25) is 5.91 Å². The van der Waals surface area contributed by atoms with Gasteiger partial charge in [-0.15, -0.1) is 0 Å². The molecule has 0 saturated heterocycles. The first-order valence-electron chi connectivity index (χ1n) is 10.6. The Balaban J connectivity index is 2.32. The van der Waals surface area contributed by atoms with Crippen molar-refractivity contribution in [2.24, 2.45) is 10.7 Å². The highest BCUT2D eigenvalue weighted by molar-refractivity contribution is 6.32. The minimum Gasteiger partial charge on any atom is -0.380 e. The van der Waals surface area contributed by atoms with Crippen LogP contribution in [0.25, 0.3) is 0 Å². The molecule has 0 bridgehead atoms. The van der Waals surface area contributed by atoms with Gasteiger partial charge in [0.1, 0.15) is 18.2 Å². The molecule has 3 atom stereocenters. The van der Waals surface area contributed by atoms with Crippen molar-refractivity contribution in [2.75, 3.05) is 39.4 Å². The molecule has 0 saturated carbocycles. The fourth-order valence-electron chi connectivity index (χ4n) is 3.09. The number of hydrogen-bond acceptors (Lipinski definition) is 5. The lowest BCUT2D eigenvalue weighted by atomic mass is 10.00. The molecule has 2 rings (SSSR count). The van der Waals surface area contributed by atoms with Gasteiger partial charge >= 0.3 is 0 Å². The highest BCUT2D eigenvalue weighted by Gasteiger charge is 2.18. The first-order valence-corrected chi connectivity index (χ1v) is 11.0. The minimum absolute atomic E-state index is 0.283. The van der Waals surface area contributed by atoms with Crippen molar-refractivity contribution in [1.82, 2.24) is 10.2 Å². The first kappa shape index (κ1) is 26.0. The Morgan fingerprint density at radius 1 is 1.34 bits per heavy atom. The normalized spacial score (nSPS) is 30.5. The van der Waals surface area contributed by atoms with Gasteiger partial charge in [0.15, 0.2) is 0 Å². The number of nitrogens with zero attached hydrogens (tertiary/aromatic N) is 2. The number of nitrogens with one attached hydrogen (secondary N) is 1. The number of carbonyl (C=O) groups excluding carboxylic acids is 1. The van der Waals surface area contributed by atoms with Gasteiger partial charge in [0, 0.05) is 24.7 Å². The van der Waals surface area contributed by atoms with Crippen LogP contribution < -0.4 is 11.1 Å². The standard InChI is InChI=1S/C23H31ClF2N4O2/c1-3-32-13-12-30-11-9-20(17-4-5-18(25)6-7-19(26)14-17)21(24)8-10-28-22(30)15-29-16(2)23(27)31/h4-9,14,16,18-19,29H,3,10-13,15H2,1-2H3,(H2,27,31)/b5-4-,7-6?,17-14-,20-9-,21-8+,28-22-/t16-,18?,19?/m0/s1. The van der Waals surface area contributed by atoms with Crippen LogP contribution in [0.5, 0.6) is 0 Å². The number of alkyl halides is 2. The van der Waals surface area contributed by atoms with Crippen LogP contribution in [0.1, 0.15) is 13.8 Å². The molecule has 1 amide bonds. The average Bonchev–Trinajstić information content (AvgIpc) is 2.82.